The van der Waals surface area contributed by atoms with E-state index in [1.165, 1.54) is 0 Å². The summed E-state index contributed by atoms with van der Waals surface area (Å²) in [6, 6.07) is 6.47. The molecule has 0 unspecified atom stereocenters. The summed E-state index contributed by atoms with van der Waals surface area (Å²) in [5, 5.41) is 0. The largest absolute Gasteiger partial charge is 0.327 e. The van der Waals surface area contributed by atoms with Crippen molar-refractivity contribution in [2.24, 2.45) is 16.6 Å². The Bertz CT molecular complexity index is 610. The van der Waals surface area contributed by atoms with Crippen molar-refractivity contribution in [3.63, 3.8) is 0 Å². The van der Waals surface area contributed by atoms with Gasteiger partial charge in [0.2, 0.25) is 10.0 Å². The molecular weight excluding hydrogens is 340 g/mol. The number of hydrogen-bond acceptors (Lipinski definition) is 3. The van der Waals surface area contributed by atoms with Crippen LogP contribution in [-0.2, 0) is 10.0 Å². The zero-order valence-electron chi connectivity index (χ0n) is 12.1. The lowest BCUT2D eigenvalue weighted by Gasteiger charge is -2.62. The number of benzene rings is 1. The first kappa shape index (κ1) is 15.9. The number of hydrogen-bond donors (Lipinski definition) is 2. The van der Waals surface area contributed by atoms with Gasteiger partial charge in [0.25, 0.3) is 0 Å². The van der Waals surface area contributed by atoms with Crippen molar-refractivity contribution in [2.45, 2.75) is 44.7 Å². The van der Waals surface area contributed by atoms with Crippen LogP contribution in [0.15, 0.2) is 33.6 Å². The van der Waals surface area contributed by atoms with Gasteiger partial charge in [-0.2, -0.15) is 0 Å². The van der Waals surface area contributed by atoms with Gasteiger partial charge in [0.15, 0.2) is 0 Å². The summed E-state index contributed by atoms with van der Waals surface area (Å²) in [7, 11) is -3.54. The molecule has 0 aliphatic heterocycles. The van der Waals surface area contributed by atoms with Crippen LogP contribution in [0.2, 0.25) is 0 Å². The van der Waals surface area contributed by atoms with Gasteiger partial charge in [-0.1, -0.05) is 49.7 Å². The molecule has 20 heavy (non-hydrogen) atoms. The van der Waals surface area contributed by atoms with Crippen molar-refractivity contribution >= 4 is 26.0 Å². The molecule has 0 spiro atoms. The van der Waals surface area contributed by atoms with Crippen LogP contribution in [0.25, 0.3) is 0 Å². The van der Waals surface area contributed by atoms with Crippen LogP contribution >= 0.6 is 15.9 Å². The van der Waals surface area contributed by atoms with Gasteiger partial charge in [0.05, 0.1) is 4.90 Å². The average Bonchev–Trinajstić information content (AvgIpc) is 2.35. The van der Waals surface area contributed by atoms with Gasteiger partial charge in [-0.15, -0.1) is 0 Å². The summed E-state index contributed by atoms with van der Waals surface area (Å²) in [4.78, 5) is 0.263. The molecule has 3 N–H and O–H groups in total. The molecule has 112 valence electrons. The van der Waals surface area contributed by atoms with Crippen molar-refractivity contribution in [1.82, 2.24) is 4.72 Å². The van der Waals surface area contributed by atoms with Crippen molar-refractivity contribution in [3.05, 3.63) is 28.7 Å². The Morgan fingerprint density at radius 2 is 1.75 bits per heavy atom. The van der Waals surface area contributed by atoms with Crippen molar-refractivity contribution in [3.8, 4) is 0 Å². The Hall–Kier alpha value is -0.430. The topological polar surface area (TPSA) is 72.2 Å². The molecule has 1 saturated carbocycles. The maximum atomic E-state index is 12.5. The van der Waals surface area contributed by atoms with Gasteiger partial charge >= 0.3 is 0 Å². The lowest BCUT2D eigenvalue weighted by molar-refractivity contribution is -0.0593. The maximum Gasteiger partial charge on any atom is 0.240 e. The van der Waals surface area contributed by atoms with Crippen LogP contribution in [0.3, 0.4) is 0 Å². The Labute approximate surface area is 129 Å². The van der Waals surface area contributed by atoms with E-state index >= 15 is 0 Å². The van der Waals surface area contributed by atoms with E-state index in [0.717, 1.165) is 4.47 Å². The van der Waals surface area contributed by atoms with Crippen molar-refractivity contribution in [1.29, 1.82) is 0 Å². The molecule has 4 nitrogen and oxygen atoms in total. The summed E-state index contributed by atoms with van der Waals surface area (Å²) in [6.45, 7) is 7.99. The molecule has 1 aromatic rings. The minimum atomic E-state index is -3.54. The van der Waals surface area contributed by atoms with Gasteiger partial charge in [0.1, 0.15) is 0 Å². The molecule has 0 amide bonds. The lowest BCUT2D eigenvalue weighted by Crippen LogP contribution is -2.75. The van der Waals surface area contributed by atoms with Crippen LogP contribution in [0.4, 0.5) is 0 Å². The number of rotatable bonds is 3. The first-order valence-electron chi connectivity index (χ1n) is 6.53. The molecule has 0 saturated heterocycles. The van der Waals surface area contributed by atoms with Gasteiger partial charge in [-0.3, -0.25) is 0 Å². The maximum absolute atomic E-state index is 12.5. The second-order valence-corrected chi connectivity index (χ2v) is 9.26. The van der Waals surface area contributed by atoms with E-state index in [-0.39, 0.29) is 27.8 Å². The van der Waals surface area contributed by atoms with Crippen LogP contribution in [0.5, 0.6) is 0 Å². The summed E-state index contributed by atoms with van der Waals surface area (Å²) >= 11 is 3.29. The van der Waals surface area contributed by atoms with E-state index in [0.29, 0.717) is 0 Å². The third kappa shape index (κ3) is 2.43. The Morgan fingerprint density at radius 3 is 2.25 bits per heavy atom. The average molecular weight is 361 g/mol. The zero-order valence-corrected chi connectivity index (χ0v) is 14.5. The highest BCUT2D eigenvalue weighted by molar-refractivity contribution is 9.10. The Balaban J connectivity index is 2.30. The number of nitrogens with two attached hydrogens (primary N) is 1. The highest BCUT2D eigenvalue weighted by Gasteiger charge is 2.61. The first-order chi connectivity index (χ1) is 8.99. The van der Waals surface area contributed by atoms with Crippen molar-refractivity contribution < 1.29 is 8.42 Å². The normalized spacial score (nSPS) is 27.9. The number of halogens is 1. The van der Waals surface area contributed by atoms with Gasteiger partial charge < -0.3 is 5.73 Å². The fourth-order valence-corrected chi connectivity index (χ4v) is 5.49. The highest BCUT2D eigenvalue weighted by atomic mass is 79.9. The van der Waals surface area contributed by atoms with E-state index < -0.39 is 10.0 Å². The number of nitrogens with one attached hydrogen (secondary N) is 1. The molecule has 0 aromatic heterocycles. The Kier molecular flexibility index (Phi) is 3.83. The molecule has 2 rings (SSSR count). The van der Waals surface area contributed by atoms with Gasteiger partial charge in [-0.05, 0) is 29.0 Å². The molecule has 0 heterocycles. The van der Waals surface area contributed by atoms with E-state index in [1.807, 2.05) is 27.7 Å². The molecule has 0 radical (unpaired) electrons. The summed E-state index contributed by atoms with van der Waals surface area (Å²) < 4.78 is 28.6. The molecule has 1 aliphatic rings. The predicted molar refractivity (Wildman–Crippen MR) is 83.8 cm³/mol. The van der Waals surface area contributed by atoms with E-state index in [9.17, 15) is 8.42 Å². The quantitative estimate of drug-likeness (QED) is 0.869. The Morgan fingerprint density at radius 1 is 1.20 bits per heavy atom. The van der Waals surface area contributed by atoms with E-state index in [2.05, 4.69) is 20.7 Å². The van der Waals surface area contributed by atoms with Gasteiger partial charge in [0, 0.05) is 16.6 Å². The standard InChI is InChI=1S/C14H21BrN2O2S/c1-13(2)11(16)14(3,4)12(13)17-20(18,19)10-7-5-6-9(15)8-10/h5-8,11-12,17H,16H2,1-4H3. The smallest absolute Gasteiger partial charge is 0.240 e. The van der Waals surface area contributed by atoms with Crippen LogP contribution < -0.4 is 10.5 Å². The molecule has 0 atom stereocenters. The molecule has 6 heteroatoms. The third-order valence-corrected chi connectivity index (χ3v) is 6.38. The minimum Gasteiger partial charge on any atom is -0.327 e. The molecule has 1 aliphatic carbocycles. The summed E-state index contributed by atoms with van der Waals surface area (Å²) in [6.07, 6.45) is 0. The summed E-state index contributed by atoms with van der Waals surface area (Å²) in [5.41, 5.74) is 5.64. The summed E-state index contributed by atoms with van der Waals surface area (Å²) in [5.74, 6) is 0. The SMILES string of the molecule is CC1(C)C(N)C(C)(C)C1NS(=O)(=O)c1cccc(Br)c1. The van der Waals surface area contributed by atoms with Crippen LogP contribution in [-0.4, -0.2) is 20.5 Å². The van der Waals surface area contributed by atoms with Crippen LogP contribution in [0.1, 0.15) is 27.7 Å². The first-order valence-corrected chi connectivity index (χ1v) is 8.80. The third-order valence-electron chi connectivity index (χ3n) is 4.47. The van der Waals surface area contributed by atoms with E-state index in [4.69, 9.17) is 5.73 Å². The molecule has 1 fully saturated rings. The van der Waals surface area contributed by atoms with Crippen molar-refractivity contribution in [2.75, 3.05) is 0 Å². The minimum absolute atomic E-state index is 0.0368. The number of sulfonamides is 1. The molecule has 1 aromatic carbocycles. The zero-order chi connectivity index (χ0) is 15.3. The lowest BCUT2D eigenvalue weighted by atomic mass is 9.49. The van der Waals surface area contributed by atoms with Gasteiger partial charge in [-0.25, -0.2) is 13.1 Å². The molecule has 0 bridgehead atoms. The van der Waals surface area contributed by atoms with E-state index in [1.54, 1.807) is 24.3 Å². The second-order valence-electron chi connectivity index (χ2n) is 6.63. The highest BCUT2D eigenvalue weighted by Crippen LogP contribution is 2.52. The fourth-order valence-electron chi connectivity index (χ4n) is 3.34. The van der Waals surface area contributed by atoms with Crippen LogP contribution in [0, 0.1) is 10.8 Å². The molecular formula is C14H21BrN2O2S. The predicted octanol–water partition coefficient (Wildman–Crippen LogP) is 2.49. The fraction of sp³-hybridized carbons (Fsp3) is 0.571. The monoisotopic (exact) mass is 360 g/mol. The second kappa shape index (κ2) is 4.80.